The average molecular weight is 1210 g/mol. The highest BCUT2D eigenvalue weighted by molar-refractivity contribution is 7.10. The summed E-state index contributed by atoms with van der Waals surface area (Å²) in [5, 5.41) is 30.2. The summed E-state index contributed by atoms with van der Waals surface area (Å²) in [6.07, 6.45) is 8.98. The molecule has 6 aromatic rings. The first-order valence-electron chi connectivity index (χ1n) is 31.1. The van der Waals surface area contributed by atoms with Gasteiger partial charge in [0.1, 0.15) is 47.1 Å². The molecule has 462 valence electrons. The highest BCUT2D eigenvalue weighted by Crippen LogP contribution is 2.41. The first-order valence-corrected chi connectivity index (χ1v) is 32.0. The number of benzene rings is 4. The molecule has 4 atom stereocenters. The lowest BCUT2D eigenvalue weighted by Crippen LogP contribution is -2.56. The first kappa shape index (κ1) is 61.1. The van der Waals surface area contributed by atoms with E-state index in [4.69, 9.17) is 33.9 Å². The van der Waals surface area contributed by atoms with Crippen molar-refractivity contribution < 1.29 is 48.3 Å². The second-order valence-electron chi connectivity index (χ2n) is 23.8. The van der Waals surface area contributed by atoms with E-state index < -0.39 is 24.1 Å². The number of likely N-dealkylation sites (N-methyl/N-ethyl adjacent to an activating group) is 1. The van der Waals surface area contributed by atoms with Crippen LogP contribution in [0.15, 0.2) is 90.8 Å². The normalized spacial score (nSPS) is 19.0. The van der Waals surface area contributed by atoms with Crippen molar-refractivity contribution >= 4 is 68.2 Å². The SMILES string of the molecule is C=CC(=O)N1CCN(c2nc(O[C@H](C)CN3CCC(OCCOCCOc4ccc(-c5csc([C@@H]6CCCN6C(=O)[C@@H](NC(=O)[C@H](C)N(C)C(=O)O)C6CCCCC6)n5)c5ccccc45)CC3)nc3c2CCN(c2cc(O)cc4ccccc24)C3)CC1. The highest BCUT2D eigenvalue weighted by atomic mass is 32.1. The highest BCUT2D eigenvalue weighted by Gasteiger charge is 2.41. The number of piperazine rings is 1. The van der Waals surface area contributed by atoms with E-state index >= 15 is 0 Å². The van der Waals surface area contributed by atoms with Crippen LogP contribution in [0.2, 0.25) is 0 Å². The topological polar surface area (TPSA) is 216 Å². The van der Waals surface area contributed by atoms with E-state index in [1.165, 1.54) is 13.1 Å². The van der Waals surface area contributed by atoms with Crippen LogP contribution in [-0.2, 0) is 36.8 Å². The minimum absolute atomic E-state index is 0.0162. The largest absolute Gasteiger partial charge is 0.508 e. The van der Waals surface area contributed by atoms with Crippen LogP contribution in [0.1, 0.15) is 93.9 Å². The monoisotopic (exact) mass is 1210 g/mol. The van der Waals surface area contributed by atoms with Gasteiger partial charge in [-0.2, -0.15) is 9.97 Å². The number of piperidine rings is 1. The number of carbonyl (C=O) groups is 4. The second-order valence-corrected chi connectivity index (χ2v) is 24.7. The average Bonchev–Trinajstić information content (AvgIpc) is 3.53. The summed E-state index contributed by atoms with van der Waals surface area (Å²) in [5.41, 5.74) is 4.76. The fourth-order valence-corrected chi connectivity index (χ4v) is 14.2. The third-order valence-corrected chi connectivity index (χ3v) is 19.1. The number of carboxylic acid groups (broad SMARTS) is 1. The number of nitrogens with zero attached hydrogens (tertiary/aromatic N) is 9. The molecule has 2 aromatic heterocycles. The number of likely N-dealkylation sites (tertiary alicyclic amines) is 2. The number of hydrogen-bond acceptors (Lipinski definition) is 16. The molecule has 87 heavy (non-hydrogen) atoms. The number of aromatic nitrogens is 3. The van der Waals surface area contributed by atoms with Crippen molar-refractivity contribution in [1.82, 2.24) is 39.9 Å². The van der Waals surface area contributed by atoms with Gasteiger partial charge in [0.2, 0.25) is 17.7 Å². The molecule has 4 aliphatic heterocycles. The zero-order valence-corrected chi connectivity index (χ0v) is 51.1. The first-order chi connectivity index (χ1) is 42.3. The molecular weight excluding hydrogens is 1120 g/mol. The number of aromatic hydroxyl groups is 1. The molecule has 5 aliphatic rings. The Hall–Kier alpha value is -7.59. The summed E-state index contributed by atoms with van der Waals surface area (Å²) >= 11 is 1.54. The molecular formula is C66H82N10O10S. The molecule has 4 fully saturated rings. The molecule has 0 unspecified atom stereocenters. The summed E-state index contributed by atoms with van der Waals surface area (Å²) in [7, 11) is 1.37. The number of anilines is 2. The van der Waals surface area contributed by atoms with Crippen LogP contribution in [0.3, 0.4) is 0 Å². The Labute approximate surface area is 513 Å². The molecule has 6 heterocycles. The van der Waals surface area contributed by atoms with Gasteiger partial charge in [0.25, 0.3) is 0 Å². The quantitative estimate of drug-likeness (QED) is 0.0427. The van der Waals surface area contributed by atoms with Gasteiger partial charge in [-0.25, -0.2) is 9.78 Å². The van der Waals surface area contributed by atoms with Crippen LogP contribution in [0, 0.1) is 5.92 Å². The molecule has 3 saturated heterocycles. The number of ether oxygens (including phenoxy) is 4. The predicted octanol–water partition coefficient (Wildman–Crippen LogP) is 9.08. The Kier molecular flexibility index (Phi) is 19.7. The summed E-state index contributed by atoms with van der Waals surface area (Å²) in [6, 6.07) is 22.4. The van der Waals surface area contributed by atoms with Gasteiger partial charge >= 0.3 is 12.1 Å². The Morgan fingerprint density at radius 2 is 1.55 bits per heavy atom. The molecule has 1 aliphatic carbocycles. The van der Waals surface area contributed by atoms with Crippen LogP contribution in [0.4, 0.5) is 16.3 Å². The number of hydrogen-bond donors (Lipinski definition) is 3. The standard InChI is InChI=1S/C66H82N10O10S/c1-5-59(78)73-30-32-74(33-31-73)61-53-25-29-75(57-39-47(77)38-46-16-9-10-17-49(46)57)41-54(53)68-65(70-61)86-43(2)40-72-27-23-48(24-28-72)84-36-34-83-35-37-85-58-22-21-51(50-18-11-12-19-52(50)58)55-42-87-63(67-55)56-20-13-26-76(56)64(80)60(45-14-7-6-8-15-45)69-62(79)44(3)71(4)66(81)82/h5,9-12,16-19,21-22,38-39,42-45,48,56,60,77H,1,6-8,13-15,20,23-37,40-41H2,2-4H3,(H,69,79)(H,81,82)/t43-,44+,56+,60+/m1/s1. The summed E-state index contributed by atoms with van der Waals surface area (Å²) in [4.78, 5) is 79.0. The van der Waals surface area contributed by atoms with Gasteiger partial charge in [-0.3, -0.25) is 24.2 Å². The fraction of sp³-hybridized carbons (Fsp3) is 0.500. The van der Waals surface area contributed by atoms with E-state index in [0.717, 1.165) is 155 Å². The van der Waals surface area contributed by atoms with Gasteiger partial charge in [0.05, 0.1) is 49.9 Å². The number of amides is 4. The molecule has 20 nitrogen and oxygen atoms in total. The second kappa shape index (κ2) is 28.1. The smallest absolute Gasteiger partial charge is 0.407 e. The zero-order chi connectivity index (χ0) is 60.6. The Balaban J connectivity index is 0.638. The van der Waals surface area contributed by atoms with Gasteiger partial charge in [-0.15, -0.1) is 11.3 Å². The van der Waals surface area contributed by atoms with Crippen molar-refractivity contribution in [3.05, 3.63) is 107 Å². The number of thiazole rings is 1. The number of phenolic OH excluding ortho intramolecular Hbond substituents is 1. The van der Waals surface area contributed by atoms with Crippen molar-refractivity contribution in [3.8, 4) is 28.8 Å². The molecule has 21 heteroatoms. The number of phenols is 1. The molecule has 4 amide bonds. The fourth-order valence-electron chi connectivity index (χ4n) is 13.3. The van der Waals surface area contributed by atoms with Crippen molar-refractivity contribution in [3.63, 3.8) is 0 Å². The van der Waals surface area contributed by atoms with Crippen LogP contribution in [0.5, 0.6) is 17.5 Å². The number of carbonyl (C=O) groups excluding carboxylic acids is 3. The number of fused-ring (bicyclic) bond motifs is 3. The lowest BCUT2D eigenvalue weighted by Gasteiger charge is -2.38. The number of rotatable bonds is 22. The molecule has 0 bridgehead atoms. The van der Waals surface area contributed by atoms with Crippen molar-refractivity contribution in [2.75, 3.05) is 102 Å². The molecule has 3 N–H and O–H groups in total. The van der Waals surface area contributed by atoms with Crippen molar-refractivity contribution in [1.29, 1.82) is 0 Å². The van der Waals surface area contributed by atoms with Crippen LogP contribution in [-0.4, -0.2) is 185 Å². The maximum atomic E-state index is 14.5. The Morgan fingerprint density at radius 3 is 2.32 bits per heavy atom. The van der Waals surface area contributed by atoms with E-state index in [2.05, 4.69) is 57.1 Å². The zero-order valence-electron chi connectivity index (χ0n) is 50.3. The van der Waals surface area contributed by atoms with Gasteiger partial charge in [0, 0.05) is 105 Å². The van der Waals surface area contributed by atoms with E-state index in [9.17, 15) is 29.4 Å². The van der Waals surface area contributed by atoms with Crippen molar-refractivity contribution in [2.45, 2.75) is 115 Å². The van der Waals surface area contributed by atoms with E-state index in [1.54, 1.807) is 24.3 Å². The maximum Gasteiger partial charge on any atom is 0.407 e. The van der Waals surface area contributed by atoms with Gasteiger partial charge in [-0.1, -0.05) is 74.4 Å². The molecule has 1 saturated carbocycles. The van der Waals surface area contributed by atoms with Gasteiger partial charge in [0.15, 0.2) is 0 Å². The van der Waals surface area contributed by atoms with E-state index in [1.807, 2.05) is 58.3 Å². The maximum absolute atomic E-state index is 14.5. The van der Waals surface area contributed by atoms with Gasteiger partial charge < -0.3 is 54.1 Å². The molecule has 4 aromatic carbocycles. The predicted molar refractivity (Wildman–Crippen MR) is 336 cm³/mol. The van der Waals surface area contributed by atoms with Crippen molar-refractivity contribution in [2.24, 2.45) is 5.92 Å². The molecule has 0 radical (unpaired) electrons. The lowest BCUT2D eigenvalue weighted by molar-refractivity contribution is -0.140. The Morgan fingerprint density at radius 1 is 0.805 bits per heavy atom. The van der Waals surface area contributed by atoms with Gasteiger partial charge in [-0.05, 0) is 99.8 Å². The molecule has 11 rings (SSSR count). The summed E-state index contributed by atoms with van der Waals surface area (Å²) in [6.45, 7) is 15.8. The third-order valence-electron chi connectivity index (χ3n) is 18.1. The van der Waals surface area contributed by atoms with E-state index in [-0.39, 0.29) is 41.7 Å². The third kappa shape index (κ3) is 14.2. The Bertz CT molecular complexity index is 3420. The summed E-state index contributed by atoms with van der Waals surface area (Å²) in [5.74, 6) is 1.18. The minimum atomic E-state index is -1.20. The van der Waals surface area contributed by atoms with Crippen LogP contribution < -0.4 is 24.6 Å². The van der Waals surface area contributed by atoms with E-state index in [0.29, 0.717) is 78.3 Å². The van der Waals surface area contributed by atoms with Crippen LogP contribution >= 0.6 is 11.3 Å². The number of nitrogens with one attached hydrogen (secondary N) is 1. The molecule has 0 spiro atoms. The van der Waals surface area contributed by atoms with Crippen LogP contribution in [0.25, 0.3) is 32.8 Å². The minimum Gasteiger partial charge on any atom is -0.508 e. The summed E-state index contributed by atoms with van der Waals surface area (Å²) < 4.78 is 25.2. The lowest BCUT2D eigenvalue weighted by atomic mass is 9.83.